The Balaban J connectivity index is -0.00000101. The second-order valence-electron chi connectivity index (χ2n) is 25.5. The van der Waals surface area contributed by atoms with Crippen LogP contribution in [0.15, 0.2) is 0 Å². The molecule has 11 saturated carbocycles. The van der Waals surface area contributed by atoms with Gasteiger partial charge in [0.2, 0.25) is 0 Å². The molecule has 0 amide bonds. The van der Waals surface area contributed by atoms with Crippen LogP contribution in [0.25, 0.3) is 0 Å². The lowest BCUT2D eigenvalue weighted by Gasteiger charge is -2.48. The lowest BCUT2D eigenvalue weighted by atomic mass is 9.56. The van der Waals surface area contributed by atoms with Gasteiger partial charge < -0.3 is 33.2 Å². The van der Waals surface area contributed by atoms with Gasteiger partial charge in [0.25, 0.3) is 0 Å². The van der Waals surface area contributed by atoms with Crippen LogP contribution in [0.2, 0.25) is 0 Å². The van der Waals surface area contributed by atoms with Crippen molar-refractivity contribution in [3.05, 3.63) is 0 Å². The van der Waals surface area contributed by atoms with Crippen LogP contribution in [0.3, 0.4) is 0 Å². The van der Waals surface area contributed by atoms with E-state index in [2.05, 4.69) is 9.47 Å². The zero-order chi connectivity index (χ0) is 75.5. The fourth-order valence-electron chi connectivity index (χ4n) is 15.2. The molecule has 16 nitrogen and oxygen atoms in total. The summed E-state index contributed by atoms with van der Waals surface area (Å²) in [4.78, 5) is 96.1. The van der Waals surface area contributed by atoms with E-state index < -0.39 is 0 Å². The Labute approximate surface area is 606 Å². The lowest BCUT2D eigenvalue weighted by Crippen LogP contribution is -2.45. The molecule has 10 atom stereocenters. The van der Waals surface area contributed by atoms with Crippen molar-refractivity contribution in [3.63, 3.8) is 0 Å². The third-order valence-electron chi connectivity index (χ3n) is 19.3. The molecule has 11 aliphatic carbocycles. The van der Waals surface area contributed by atoms with Gasteiger partial charge in [-0.2, -0.15) is 0 Å². The Kier molecular flexibility index (Phi) is 64.6. The SMILES string of the molecule is C1CCOC1.CC.CC.CC.CC.CC.CC.CC.CC.CC.CC.O=C1C2CC3CC(C2)CC1C3.O=C1CC2CCC1C2.O=C1CCCCC1.O=C1CCCCCO1.O=C1CCCCO1.O=C1CCCO1.O=C1OC2CC3CC1C2C3.O=C1OC2CCC1C2.O=C1OC2CCCC1C2. The van der Waals surface area contributed by atoms with Gasteiger partial charge in [0, 0.05) is 75.4 Å². The number of hydrogen-bond donors (Lipinski definition) is 0. The average molecular weight is 1410 g/mol. The molecule has 10 unspecified atom stereocenters. The third kappa shape index (κ3) is 39.9. The normalized spacial score (nSPS) is 30.2. The van der Waals surface area contributed by atoms with Crippen molar-refractivity contribution in [3.8, 4) is 0 Å². The van der Waals surface area contributed by atoms with Gasteiger partial charge in [-0.25, -0.2) is 0 Å². The van der Waals surface area contributed by atoms with Gasteiger partial charge in [-0.15, -0.1) is 0 Å². The maximum Gasteiger partial charge on any atom is 0.309 e. The highest BCUT2D eigenvalue weighted by molar-refractivity contribution is 5.85. The van der Waals surface area contributed by atoms with E-state index in [1.165, 1.54) is 83.5 Å². The van der Waals surface area contributed by atoms with Crippen LogP contribution in [0, 0.1) is 65.1 Å². The maximum absolute atomic E-state index is 11.6. The summed E-state index contributed by atoms with van der Waals surface area (Å²) in [6, 6.07) is 0. The number of carbonyl (C=O) groups excluding carboxylic acids is 9. The fourth-order valence-corrected chi connectivity index (χ4v) is 15.2. The van der Waals surface area contributed by atoms with Gasteiger partial charge in [0.15, 0.2) is 0 Å². The largest absolute Gasteiger partial charge is 0.466 e. The zero-order valence-corrected chi connectivity index (χ0v) is 67.4. The fraction of sp³-hybridized carbons (Fsp3) is 0.892. The van der Waals surface area contributed by atoms with Crippen LogP contribution in [0.1, 0.15) is 363 Å². The molecular weight excluding hydrogens is 1250 g/mol. The summed E-state index contributed by atoms with van der Waals surface area (Å²) in [5, 5.41) is 0. The predicted molar refractivity (Wildman–Crippen MR) is 402 cm³/mol. The summed E-state index contributed by atoms with van der Waals surface area (Å²) in [5.41, 5.74) is 0. The van der Waals surface area contributed by atoms with E-state index in [4.69, 9.17) is 23.7 Å². The number of carbonyl (C=O) groups is 9. The molecule has 7 aliphatic heterocycles. The molecule has 18 fully saturated rings. The van der Waals surface area contributed by atoms with Gasteiger partial charge in [-0.05, 0) is 203 Å². The molecule has 0 N–H and O–H groups in total. The minimum atomic E-state index is -0.0463. The molecule has 16 heteroatoms. The van der Waals surface area contributed by atoms with Gasteiger partial charge >= 0.3 is 35.8 Å². The number of ketones is 3. The first-order valence-electron chi connectivity index (χ1n) is 41.6. The van der Waals surface area contributed by atoms with E-state index in [1.54, 1.807) is 0 Å². The number of fused-ring (bicyclic) bond motifs is 7. The van der Waals surface area contributed by atoms with E-state index in [9.17, 15) is 43.2 Å². The number of ether oxygens (including phenoxy) is 7. The summed E-state index contributed by atoms with van der Waals surface area (Å²) >= 11 is 0. The first kappa shape index (κ1) is 99.0. The standard InChI is InChI=1S/C10H14O.C8H10O2.C7H10O2.C7H10O.C6H8O2.C6H10O2.C6H10O.C5H8O2.C4H6O2.C4H8O.10C2H6/c11-10-8-2-6-1-7(4-8)5-9(10)3-6;9-8-6-2-4-1-5(6)7(3-4)10-8;8-7-5-2-1-3-6(4-5)9-7;8-7-4-5-1-2-6(7)3-5;7-6-4-1-2-5(3-4)8-6;7-6-4-2-1-3-5-8-6;7-6-4-2-1-3-5-6;6-5-3-1-2-4-7-5;5-4-2-1-3-6-4;1-2-4-5-3-1;10*1-2/h6-9H,1-5H2;4-7H,1-3H2;5-6H,1-4H2;5-6H,1-4H2;4-5H,1-3H2;1-5H2;1-5H2;1-4H2;1-3H2;1-4H2;10*1-2H3. The highest BCUT2D eigenvalue weighted by Gasteiger charge is 2.56. The molecule has 18 rings (SSSR count). The van der Waals surface area contributed by atoms with Crippen LogP contribution >= 0.6 is 0 Å². The quantitative estimate of drug-likeness (QED) is 0.163. The monoisotopic (exact) mass is 1410 g/mol. The summed E-state index contributed by atoms with van der Waals surface area (Å²) in [6.07, 6.45) is 38.9. The first-order chi connectivity index (χ1) is 48.3. The van der Waals surface area contributed by atoms with Crippen molar-refractivity contribution in [2.45, 2.75) is 382 Å². The van der Waals surface area contributed by atoms with Gasteiger partial charge in [0.1, 0.15) is 35.7 Å². The molecule has 7 saturated heterocycles. The van der Waals surface area contributed by atoms with E-state index in [-0.39, 0.29) is 53.8 Å². The lowest BCUT2D eigenvalue weighted by molar-refractivity contribution is -0.148. The minimum absolute atomic E-state index is 0.0255. The highest BCUT2D eigenvalue weighted by atomic mass is 16.6. The molecule has 99 heavy (non-hydrogen) atoms. The average Bonchev–Trinajstić information content (AvgIpc) is 1.68. The van der Waals surface area contributed by atoms with E-state index in [1.807, 2.05) is 138 Å². The molecule has 0 aromatic rings. The van der Waals surface area contributed by atoms with Crippen LogP contribution in [0.4, 0.5) is 0 Å². The maximum atomic E-state index is 11.6. The van der Waals surface area contributed by atoms with Crippen LogP contribution in [-0.2, 0) is 76.3 Å². The Morgan fingerprint density at radius 1 is 0.283 bits per heavy atom. The predicted octanol–water partition coefficient (Wildman–Crippen LogP) is 20.9. The molecule has 0 radical (unpaired) electrons. The molecular formula is C83H154O16. The summed E-state index contributed by atoms with van der Waals surface area (Å²) in [5.74, 6) is 8.20. The Hall–Kier alpha value is -4.21. The molecule has 7 heterocycles. The van der Waals surface area contributed by atoms with E-state index in [0.717, 1.165) is 159 Å². The Bertz CT molecular complexity index is 1940. The third-order valence-corrected chi connectivity index (χ3v) is 19.3. The first-order valence-corrected chi connectivity index (χ1v) is 41.6. The van der Waals surface area contributed by atoms with Crippen LogP contribution < -0.4 is 0 Å². The summed E-state index contributed by atoms with van der Waals surface area (Å²) in [7, 11) is 0. The summed E-state index contributed by atoms with van der Waals surface area (Å²) in [6.45, 7) is 43.9. The smallest absolute Gasteiger partial charge is 0.309 e. The number of cyclic esters (lactones) is 3. The molecule has 18 aliphatic rings. The zero-order valence-electron chi connectivity index (χ0n) is 67.4. The topological polar surface area (TPSA) is 218 Å². The summed E-state index contributed by atoms with van der Waals surface area (Å²) < 4.78 is 34.0. The van der Waals surface area contributed by atoms with Gasteiger partial charge in [-0.1, -0.05) is 145 Å². The molecule has 0 aromatic heterocycles. The number of esters is 6. The Morgan fingerprint density at radius 3 is 1.01 bits per heavy atom. The number of rotatable bonds is 0. The van der Waals surface area contributed by atoms with Crippen molar-refractivity contribution < 1.29 is 76.3 Å². The van der Waals surface area contributed by atoms with Crippen molar-refractivity contribution in [1.82, 2.24) is 0 Å². The van der Waals surface area contributed by atoms with Gasteiger partial charge in [-0.3, -0.25) is 43.2 Å². The minimum Gasteiger partial charge on any atom is -0.466 e. The molecule has 12 bridgehead atoms. The highest BCUT2D eigenvalue weighted by Crippen LogP contribution is 2.54. The van der Waals surface area contributed by atoms with E-state index in [0.29, 0.717) is 98.2 Å². The van der Waals surface area contributed by atoms with Crippen LogP contribution in [-0.4, -0.2) is 105 Å². The number of Topliss-reactive ketones (excluding diaryl/α,β-unsaturated/α-hetero) is 3. The van der Waals surface area contributed by atoms with Crippen molar-refractivity contribution in [1.29, 1.82) is 0 Å². The molecule has 0 spiro atoms. The van der Waals surface area contributed by atoms with Gasteiger partial charge in [0.05, 0.1) is 37.6 Å². The second-order valence-corrected chi connectivity index (χ2v) is 25.5. The van der Waals surface area contributed by atoms with Crippen molar-refractivity contribution >= 4 is 53.2 Å². The second kappa shape index (κ2) is 64.6. The molecule has 0 aromatic carbocycles. The number of hydrogen-bond acceptors (Lipinski definition) is 16. The van der Waals surface area contributed by atoms with E-state index >= 15 is 0 Å². The van der Waals surface area contributed by atoms with Crippen molar-refractivity contribution in [2.24, 2.45) is 65.1 Å². The van der Waals surface area contributed by atoms with Crippen LogP contribution in [0.5, 0.6) is 0 Å². The Morgan fingerprint density at radius 2 is 0.687 bits per heavy atom. The molecule has 582 valence electrons. The van der Waals surface area contributed by atoms with Crippen molar-refractivity contribution in [2.75, 3.05) is 33.0 Å².